The lowest BCUT2D eigenvalue weighted by molar-refractivity contribution is 0.0990. The Balaban J connectivity index is 1.82. The third-order valence-electron chi connectivity index (χ3n) is 3.12. The van der Waals surface area contributed by atoms with Gasteiger partial charge < -0.3 is 15.4 Å². The Morgan fingerprint density at radius 1 is 1.50 bits per heavy atom. The lowest BCUT2D eigenvalue weighted by Crippen LogP contribution is -2.24. The summed E-state index contributed by atoms with van der Waals surface area (Å²) in [6.07, 6.45) is 1.94. The van der Waals surface area contributed by atoms with Crippen LogP contribution in [0.1, 0.15) is 22.3 Å². The first-order valence-electron chi connectivity index (χ1n) is 6.41. The summed E-state index contributed by atoms with van der Waals surface area (Å²) < 4.78 is 4.95. The van der Waals surface area contributed by atoms with Gasteiger partial charge in [-0.05, 0) is 43.1 Å². The predicted molar refractivity (Wildman–Crippen MR) is 72.3 cm³/mol. The second-order valence-electron chi connectivity index (χ2n) is 4.50. The Morgan fingerprint density at radius 3 is 3.22 bits per heavy atom. The minimum atomic E-state index is 0.155. The number of hydrogen-bond donors (Lipinski definition) is 2. The second-order valence-corrected chi connectivity index (χ2v) is 4.50. The van der Waals surface area contributed by atoms with Gasteiger partial charge in [0.2, 0.25) is 0 Å². The van der Waals surface area contributed by atoms with E-state index in [1.54, 1.807) is 7.11 Å². The van der Waals surface area contributed by atoms with E-state index in [4.69, 9.17) is 4.74 Å². The molecule has 0 fully saturated rings. The van der Waals surface area contributed by atoms with Crippen molar-refractivity contribution in [2.75, 3.05) is 38.7 Å². The fraction of sp³-hybridized carbons (Fsp3) is 0.500. The molecule has 0 aromatic heterocycles. The summed E-state index contributed by atoms with van der Waals surface area (Å²) >= 11 is 0. The van der Waals surface area contributed by atoms with E-state index in [-0.39, 0.29) is 5.78 Å². The van der Waals surface area contributed by atoms with Crippen LogP contribution in [-0.4, -0.2) is 39.1 Å². The van der Waals surface area contributed by atoms with Crippen molar-refractivity contribution < 1.29 is 9.53 Å². The van der Waals surface area contributed by atoms with Gasteiger partial charge in [0.05, 0.1) is 6.54 Å². The van der Waals surface area contributed by atoms with Crippen molar-refractivity contribution >= 4 is 11.5 Å². The van der Waals surface area contributed by atoms with Gasteiger partial charge in [0.1, 0.15) is 0 Å². The average Bonchev–Trinajstić information content (AvgIpc) is 2.85. The smallest absolute Gasteiger partial charge is 0.176 e. The lowest BCUT2D eigenvalue weighted by Gasteiger charge is -2.06. The second kappa shape index (κ2) is 6.52. The van der Waals surface area contributed by atoms with Crippen molar-refractivity contribution in [2.45, 2.75) is 12.8 Å². The number of ketones is 1. The first-order chi connectivity index (χ1) is 8.81. The first kappa shape index (κ1) is 13.1. The zero-order valence-electron chi connectivity index (χ0n) is 10.8. The molecule has 4 heteroatoms. The number of fused-ring (bicyclic) bond motifs is 1. The van der Waals surface area contributed by atoms with Gasteiger partial charge in [0.25, 0.3) is 0 Å². The van der Waals surface area contributed by atoms with Crippen LogP contribution in [0.15, 0.2) is 18.2 Å². The topological polar surface area (TPSA) is 50.4 Å². The van der Waals surface area contributed by atoms with Crippen LogP contribution in [0.4, 0.5) is 5.69 Å². The SMILES string of the molecule is COCCCNCC(=O)c1ccc2c(c1)CCN2. The third kappa shape index (κ3) is 3.31. The van der Waals surface area contributed by atoms with Crippen molar-refractivity contribution in [3.63, 3.8) is 0 Å². The van der Waals surface area contributed by atoms with Crippen LogP contribution < -0.4 is 10.6 Å². The first-order valence-corrected chi connectivity index (χ1v) is 6.41. The van der Waals surface area contributed by atoms with Crippen molar-refractivity contribution in [3.05, 3.63) is 29.3 Å². The fourth-order valence-electron chi connectivity index (χ4n) is 2.12. The van der Waals surface area contributed by atoms with E-state index in [1.807, 2.05) is 18.2 Å². The summed E-state index contributed by atoms with van der Waals surface area (Å²) in [6.45, 7) is 2.91. The van der Waals surface area contributed by atoms with E-state index in [1.165, 1.54) is 11.3 Å². The molecule has 0 spiro atoms. The van der Waals surface area contributed by atoms with Crippen LogP contribution in [0, 0.1) is 0 Å². The molecule has 1 aliphatic heterocycles. The number of rotatable bonds is 7. The highest BCUT2D eigenvalue weighted by Crippen LogP contribution is 2.22. The molecule has 4 nitrogen and oxygen atoms in total. The van der Waals surface area contributed by atoms with Gasteiger partial charge in [0.15, 0.2) is 5.78 Å². The number of anilines is 1. The molecule has 0 bridgehead atoms. The monoisotopic (exact) mass is 248 g/mol. The fourth-order valence-corrected chi connectivity index (χ4v) is 2.12. The van der Waals surface area contributed by atoms with Crippen LogP contribution in [-0.2, 0) is 11.2 Å². The van der Waals surface area contributed by atoms with Gasteiger partial charge in [-0.25, -0.2) is 0 Å². The van der Waals surface area contributed by atoms with Crippen molar-refractivity contribution in [2.24, 2.45) is 0 Å². The molecule has 0 aliphatic carbocycles. The number of carbonyl (C=O) groups excluding carboxylic acids is 1. The maximum atomic E-state index is 12.0. The van der Waals surface area contributed by atoms with E-state index in [9.17, 15) is 4.79 Å². The zero-order valence-corrected chi connectivity index (χ0v) is 10.8. The molecule has 1 aromatic rings. The number of carbonyl (C=O) groups is 1. The molecule has 0 saturated heterocycles. The van der Waals surface area contributed by atoms with E-state index >= 15 is 0 Å². The number of ether oxygens (including phenoxy) is 1. The van der Waals surface area contributed by atoms with E-state index in [0.29, 0.717) is 6.54 Å². The number of methoxy groups -OCH3 is 1. The molecule has 0 saturated carbocycles. The van der Waals surface area contributed by atoms with Gasteiger partial charge >= 0.3 is 0 Å². The Labute approximate surface area is 108 Å². The molecular formula is C14H20N2O2. The minimum absolute atomic E-state index is 0.155. The quantitative estimate of drug-likeness (QED) is 0.566. The highest BCUT2D eigenvalue weighted by Gasteiger charge is 2.12. The van der Waals surface area contributed by atoms with Gasteiger partial charge in [0, 0.05) is 31.5 Å². The molecule has 1 heterocycles. The van der Waals surface area contributed by atoms with Gasteiger partial charge in [-0.15, -0.1) is 0 Å². The number of nitrogens with one attached hydrogen (secondary N) is 2. The molecule has 1 aliphatic rings. The zero-order chi connectivity index (χ0) is 12.8. The maximum Gasteiger partial charge on any atom is 0.176 e. The van der Waals surface area contributed by atoms with E-state index in [2.05, 4.69) is 10.6 Å². The Kier molecular flexibility index (Phi) is 4.73. The molecular weight excluding hydrogens is 228 g/mol. The molecule has 0 unspecified atom stereocenters. The Hall–Kier alpha value is -1.39. The van der Waals surface area contributed by atoms with Gasteiger partial charge in [-0.1, -0.05) is 0 Å². The van der Waals surface area contributed by atoms with E-state index < -0.39 is 0 Å². The van der Waals surface area contributed by atoms with E-state index in [0.717, 1.165) is 38.1 Å². The normalized spacial score (nSPS) is 13.2. The molecule has 2 rings (SSSR count). The summed E-state index contributed by atoms with van der Waals surface area (Å²) in [5.41, 5.74) is 3.22. The number of benzene rings is 1. The van der Waals surface area contributed by atoms with Crippen LogP contribution in [0.25, 0.3) is 0 Å². The summed E-state index contributed by atoms with van der Waals surface area (Å²) in [5, 5.41) is 6.43. The largest absolute Gasteiger partial charge is 0.385 e. The van der Waals surface area contributed by atoms with Crippen LogP contribution in [0.3, 0.4) is 0 Å². The molecule has 98 valence electrons. The standard InChI is InChI=1S/C14H20N2O2/c1-18-8-2-6-15-10-14(17)12-3-4-13-11(9-12)5-7-16-13/h3-4,9,15-16H,2,5-8,10H2,1H3. The minimum Gasteiger partial charge on any atom is -0.385 e. The highest BCUT2D eigenvalue weighted by molar-refractivity contribution is 5.98. The molecule has 2 N–H and O–H groups in total. The number of Topliss-reactive ketones (excluding diaryl/α,β-unsaturated/α-hetero) is 1. The Bertz CT molecular complexity index is 418. The van der Waals surface area contributed by atoms with Crippen molar-refractivity contribution in [1.29, 1.82) is 0 Å². The van der Waals surface area contributed by atoms with Gasteiger partial charge in [-0.2, -0.15) is 0 Å². The maximum absolute atomic E-state index is 12.0. The summed E-state index contributed by atoms with van der Waals surface area (Å²) in [5.74, 6) is 0.155. The van der Waals surface area contributed by atoms with Crippen LogP contribution >= 0.6 is 0 Å². The molecule has 0 atom stereocenters. The molecule has 1 aromatic carbocycles. The van der Waals surface area contributed by atoms with Crippen LogP contribution in [0.5, 0.6) is 0 Å². The average molecular weight is 248 g/mol. The number of hydrogen-bond acceptors (Lipinski definition) is 4. The highest BCUT2D eigenvalue weighted by atomic mass is 16.5. The molecule has 0 radical (unpaired) electrons. The lowest BCUT2D eigenvalue weighted by atomic mass is 10.1. The predicted octanol–water partition coefficient (Wildman–Crippen LogP) is 1.46. The molecule has 18 heavy (non-hydrogen) atoms. The van der Waals surface area contributed by atoms with Crippen LogP contribution in [0.2, 0.25) is 0 Å². The molecule has 0 amide bonds. The van der Waals surface area contributed by atoms with Crippen molar-refractivity contribution in [3.8, 4) is 0 Å². The Morgan fingerprint density at radius 2 is 2.39 bits per heavy atom. The summed E-state index contributed by atoms with van der Waals surface area (Å²) in [7, 11) is 1.68. The van der Waals surface area contributed by atoms with Crippen molar-refractivity contribution in [1.82, 2.24) is 5.32 Å². The van der Waals surface area contributed by atoms with Gasteiger partial charge in [-0.3, -0.25) is 4.79 Å². The summed E-state index contributed by atoms with van der Waals surface area (Å²) in [6, 6.07) is 5.91. The third-order valence-corrected chi connectivity index (χ3v) is 3.12. The summed E-state index contributed by atoms with van der Waals surface area (Å²) in [4.78, 5) is 12.0.